The second-order valence-electron chi connectivity index (χ2n) is 4.21. The summed E-state index contributed by atoms with van der Waals surface area (Å²) in [7, 11) is -1.76. The van der Waals surface area contributed by atoms with E-state index in [2.05, 4.69) is 0 Å². The van der Waals surface area contributed by atoms with Crippen molar-refractivity contribution in [2.75, 3.05) is 0 Å². The first kappa shape index (κ1) is 13.7. The quantitative estimate of drug-likeness (QED) is 0.636. The molecule has 0 amide bonds. The van der Waals surface area contributed by atoms with Gasteiger partial charge in [0, 0.05) is 0 Å². The average Bonchev–Trinajstić information content (AvgIpc) is 2.42. The first-order valence-corrected chi connectivity index (χ1v) is 5.96. The lowest BCUT2D eigenvalue weighted by Crippen LogP contribution is -2.29. The second-order valence-corrected chi connectivity index (χ2v) is 4.21. The molecule has 0 saturated heterocycles. The van der Waals surface area contributed by atoms with Crippen molar-refractivity contribution in [3.63, 3.8) is 0 Å². The summed E-state index contributed by atoms with van der Waals surface area (Å²) < 4.78 is 4.95. The van der Waals surface area contributed by atoms with Crippen LogP contribution in [0, 0.1) is 0 Å². The summed E-state index contributed by atoms with van der Waals surface area (Å²) in [4.78, 5) is 0. The third-order valence-corrected chi connectivity index (χ3v) is 2.84. The summed E-state index contributed by atoms with van der Waals surface area (Å²) in [6.07, 6.45) is 0.751. The van der Waals surface area contributed by atoms with Gasteiger partial charge in [0.15, 0.2) is 0 Å². The third kappa shape index (κ3) is 3.86. The smallest absolute Gasteiger partial charge is 0.504 e. The molecule has 0 spiro atoms. The zero-order valence-electron chi connectivity index (χ0n) is 10.4. The van der Waals surface area contributed by atoms with Crippen LogP contribution < -0.4 is 10.1 Å². The molecular formula is C13H14B2O4. The van der Waals surface area contributed by atoms with Crippen molar-refractivity contribution in [3.8, 4) is 5.75 Å². The van der Waals surface area contributed by atoms with Gasteiger partial charge in [-0.25, -0.2) is 0 Å². The van der Waals surface area contributed by atoms with Gasteiger partial charge in [-0.05, 0) is 35.1 Å². The van der Waals surface area contributed by atoms with Gasteiger partial charge in [0.05, 0.1) is 0 Å². The molecule has 3 N–H and O–H groups in total. The maximum Gasteiger partial charge on any atom is 0.504 e. The van der Waals surface area contributed by atoms with E-state index in [9.17, 15) is 0 Å². The van der Waals surface area contributed by atoms with Gasteiger partial charge in [-0.1, -0.05) is 36.4 Å². The van der Waals surface area contributed by atoms with Crippen molar-refractivity contribution < 1.29 is 19.7 Å². The second kappa shape index (κ2) is 6.43. The van der Waals surface area contributed by atoms with Crippen LogP contribution in [0.5, 0.6) is 5.75 Å². The Kier molecular flexibility index (Phi) is 4.63. The third-order valence-electron chi connectivity index (χ3n) is 2.84. The van der Waals surface area contributed by atoms with Gasteiger partial charge >= 0.3 is 14.8 Å². The van der Waals surface area contributed by atoms with Crippen LogP contribution in [0.2, 0.25) is 0 Å². The summed E-state index contributed by atoms with van der Waals surface area (Å²) >= 11 is 0. The van der Waals surface area contributed by atoms with Crippen LogP contribution in [0.15, 0.2) is 48.5 Å². The normalized spacial score (nSPS) is 10.1. The van der Waals surface area contributed by atoms with Crippen LogP contribution in [-0.4, -0.2) is 29.9 Å². The van der Waals surface area contributed by atoms with Crippen molar-refractivity contribution in [2.24, 2.45) is 0 Å². The SMILES string of the molecule is OBOc1ccc(Cc2ccc(B(O)O)cc2)cc1. The van der Waals surface area contributed by atoms with E-state index in [1.54, 1.807) is 24.3 Å². The van der Waals surface area contributed by atoms with Crippen molar-refractivity contribution >= 4 is 20.3 Å². The highest BCUT2D eigenvalue weighted by Crippen LogP contribution is 2.14. The highest BCUT2D eigenvalue weighted by molar-refractivity contribution is 6.58. The molecule has 4 nitrogen and oxygen atoms in total. The molecule has 0 radical (unpaired) electrons. The van der Waals surface area contributed by atoms with Crippen molar-refractivity contribution in [2.45, 2.75) is 6.42 Å². The summed E-state index contributed by atoms with van der Waals surface area (Å²) in [5.41, 5.74) is 2.68. The molecule has 0 saturated carbocycles. The topological polar surface area (TPSA) is 69.9 Å². The molecule has 0 aromatic heterocycles. The molecule has 6 heteroatoms. The molecule has 0 aliphatic heterocycles. The maximum atomic E-state index is 9.01. The van der Waals surface area contributed by atoms with E-state index in [-0.39, 0.29) is 7.69 Å². The predicted octanol–water partition coefficient (Wildman–Crippen LogP) is -0.405. The predicted molar refractivity (Wildman–Crippen MR) is 75.5 cm³/mol. The molecule has 0 aliphatic rings. The van der Waals surface area contributed by atoms with Gasteiger partial charge < -0.3 is 19.7 Å². The minimum Gasteiger partial charge on any atom is -0.539 e. The number of rotatable bonds is 5. The van der Waals surface area contributed by atoms with Gasteiger partial charge in [-0.3, -0.25) is 0 Å². The summed E-state index contributed by atoms with van der Waals surface area (Å²) in [6.45, 7) is 0. The lowest BCUT2D eigenvalue weighted by Gasteiger charge is -2.06. The zero-order chi connectivity index (χ0) is 13.7. The average molecular weight is 256 g/mol. The Morgan fingerprint density at radius 1 is 0.895 bits per heavy atom. The van der Waals surface area contributed by atoms with Gasteiger partial charge in [-0.15, -0.1) is 0 Å². The van der Waals surface area contributed by atoms with Crippen LogP contribution >= 0.6 is 0 Å². The Hall–Kier alpha value is -1.75. The zero-order valence-corrected chi connectivity index (χ0v) is 10.4. The first-order valence-electron chi connectivity index (χ1n) is 5.96. The molecule has 0 atom stereocenters. The number of benzene rings is 2. The van der Waals surface area contributed by atoms with Crippen LogP contribution in [0.4, 0.5) is 0 Å². The first-order chi connectivity index (χ1) is 9.19. The van der Waals surface area contributed by atoms with E-state index >= 15 is 0 Å². The van der Waals surface area contributed by atoms with Gasteiger partial charge in [0.2, 0.25) is 0 Å². The summed E-state index contributed by atoms with van der Waals surface area (Å²) in [5, 5.41) is 26.6. The Labute approximate surface area is 112 Å². The molecule has 2 aromatic carbocycles. The molecule has 96 valence electrons. The van der Waals surface area contributed by atoms with Crippen molar-refractivity contribution in [3.05, 3.63) is 59.7 Å². The minimum absolute atomic E-state index is 0.329. The van der Waals surface area contributed by atoms with Gasteiger partial charge in [-0.2, -0.15) is 0 Å². The largest absolute Gasteiger partial charge is 0.539 e. The van der Waals surface area contributed by atoms with Crippen molar-refractivity contribution in [1.29, 1.82) is 0 Å². The highest BCUT2D eigenvalue weighted by atomic mass is 16.5. The molecule has 0 aliphatic carbocycles. The number of hydrogen-bond acceptors (Lipinski definition) is 4. The van der Waals surface area contributed by atoms with Crippen LogP contribution in [0.3, 0.4) is 0 Å². The highest BCUT2D eigenvalue weighted by Gasteiger charge is 2.09. The Morgan fingerprint density at radius 3 is 1.89 bits per heavy atom. The Bertz CT molecular complexity index is 511. The standard InChI is InChI=1S/C13H14B2O4/c16-14-19-13-7-3-11(4-8-13)9-10-1-5-12(6-2-10)15(17)18/h1-8,14,16-18H,9H2. The maximum absolute atomic E-state index is 9.01. The van der Waals surface area contributed by atoms with E-state index in [0.29, 0.717) is 11.2 Å². The molecule has 2 aromatic rings. The lowest BCUT2D eigenvalue weighted by atomic mass is 9.80. The lowest BCUT2D eigenvalue weighted by molar-refractivity contribution is 0.425. The van der Waals surface area contributed by atoms with Crippen molar-refractivity contribution in [1.82, 2.24) is 0 Å². The monoisotopic (exact) mass is 256 g/mol. The van der Waals surface area contributed by atoms with E-state index in [1.165, 1.54) is 0 Å². The van der Waals surface area contributed by atoms with Crippen LogP contribution in [0.1, 0.15) is 11.1 Å². The molecule has 0 heterocycles. The fourth-order valence-electron chi connectivity index (χ4n) is 1.82. The molecule has 0 fully saturated rings. The molecule has 19 heavy (non-hydrogen) atoms. The van der Waals surface area contributed by atoms with E-state index in [1.807, 2.05) is 24.3 Å². The summed E-state index contributed by atoms with van der Waals surface area (Å²) in [6, 6.07) is 14.6. The van der Waals surface area contributed by atoms with Crippen LogP contribution in [0.25, 0.3) is 0 Å². The molecular weight excluding hydrogens is 242 g/mol. The van der Waals surface area contributed by atoms with Crippen LogP contribution in [-0.2, 0) is 6.42 Å². The molecule has 2 rings (SSSR count). The molecule has 0 bridgehead atoms. The van der Waals surface area contributed by atoms with E-state index in [4.69, 9.17) is 19.7 Å². The van der Waals surface area contributed by atoms with Gasteiger partial charge in [0.1, 0.15) is 5.75 Å². The molecule has 0 unspecified atom stereocenters. The summed E-state index contributed by atoms with van der Waals surface area (Å²) in [5.74, 6) is 0.630. The Balaban J connectivity index is 2.04. The Morgan fingerprint density at radius 2 is 1.42 bits per heavy atom. The number of hydrogen-bond donors (Lipinski definition) is 3. The van der Waals surface area contributed by atoms with E-state index in [0.717, 1.165) is 17.5 Å². The fourth-order valence-corrected chi connectivity index (χ4v) is 1.82. The fraction of sp³-hybridized carbons (Fsp3) is 0.0769. The minimum atomic E-state index is -1.43. The van der Waals surface area contributed by atoms with Gasteiger partial charge in [0.25, 0.3) is 0 Å². The van der Waals surface area contributed by atoms with E-state index < -0.39 is 7.12 Å².